The molecule has 3 rings (SSSR count). The van der Waals surface area contributed by atoms with Crippen LogP contribution in [0, 0.1) is 0 Å². The van der Waals surface area contributed by atoms with Crippen LogP contribution in [-0.2, 0) is 17.8 Å². The summed E-state index contributed by atoms with van der Waals surface area (Å²) in [6.07, 6.45) is 1.99. The predicted molar refractivity (Wildman–Crippen MR) is 64.9 cm³/mol. The molecule has 1 saturated heterocycles. The fraction of sp³-hybridized carbons (Fsp3) is 0.667. The Labute approximate surface area is 101 Å². The van der Waals surface area contributed by atoms with Crippen molar-refractivity contribution in [3.8, 4) is 0 Å². The molecule has 0 bridgehead atoms. The van der Waals surface area contributed by atoms with Crippen LogP contribution in [0.25, 0.3) is 0 Å². The van der Waals surface area contributed by atoms with Crippen molar-refractivity contribution < 1.29 is 4.74 Å². The Kier molecular flexibility index (Phi) is 2.94. The second-order valence-electron chi connectivity index (χ2n) is 4.54. The summed E-state index contributed by atoms with van der Waals surface area (Å²) in [6.45, 7) is 8.57. The standard InChI is InChI=1S/C12H18N4O/c1-2-15-8-10-7-13-12(14-11(10)9-15)16-3-5-17-6-4-16/h7H,2-6,8-9H2,1H3. The lowest BCUT2D eigenvalue weighted by atomic mass is 10.3. The van der Waals surface area contributed by atoms with Crippen molar-refractivity contribution in [3.63, 3.8) is 0 Å². The van der Waals surface area contributed by atoms with Gasteiger partial charge >= 0.3 is 0 Å². The van der Waals surface area contributed by atoms with E-state index in [9.17, 15) is 0 Å². The summed E-state index contributed by atoms with van der Waals surface area (Å²) in [5, 5.41) is 0. The first kappa shape index (κ1) is 10.9. The number of fused-ring (bicyclic) bond motifs is 1. The molecule has 0 radical (unpaired) electrons. The highest BCUT2D eigenvalue weighted by Gasteiger charge is 2.21. The number of hydrogen-bond donors (Lipinski definition) is 0. The molecule has 0 saturated carbocycles. The fourth-order valence-electron chi connectivity index (χ4n) is 2.35. The molecular formula is C12H18N4O. The monoisotopic (exact) mass is 234 g/mol. The number of ether oxygens (including phenoxy) is 1. The zero-order chi connectivity index (χ0) is 11.7. The van der Waals surface area contributed by atoms with Gasteiger partial charge in [-0.25, -0.2) is 9.97 Å². The third-order valence-corrected chi connectivity index (χ3v) is 3.45. The van der Waals surface area contributed by atoms with Gasteiger partial charge in [0.2, 0.25) is 5.95 Å². The van der Waals surface area contributed by atoms with Crippen LogP contribution in [0.5, 0.6) is 0 Å². The van der Waals surface area contributed by atoms with Crippen molar-refractivity contribution in [2.75, 3.05) is 37.7 Å². The Hall–Kier alpha value is -1.20. The maximum Gasteiger partial charge on any atom is 0.225 e. The van der Waals surface area contributed by atoms with Crippen molar-refractivity contribution in [1.29, 1.82) is 0 Å². The zero-order valence-electron chi connectivity index (χ0n) is 10.2. The van der Waals surface area contributed by atoms with Crippen LogP contribution in [0.1, 0.15) is 18.2 Å². The molecule has 1 aromatic rings. The molecule has 0 atom stereocenters. The van der Waals surface area contributed by atoms with Crippen LogP contribution in [0.2, 0.25) is 0 Å². The second-order valence-corrected chi connectivity index (χ2v) is 4.54. The van der Waals surface area contributed by atoms with Crippen LogP contribution in [0.4, 0.5) is 5.95 Å². The molecule has 2 aliphatic rings. The quantitative estimate of drug-likeness (QED) is 0.751. The highest BCUT2D eigenvalue weighted by Crippen LogP contribution is 2.22. The number of anilines is 1. The molecule has 5 heteroatoms. The number of morpholine rings is 1. The molecule has 2 aliphatic heterocycles. The van der Waals surface area contributed by atoms with Gasteiger partial charge in [0.15, 0.2) is 0 Å². The Balaban J connectivity index is 1.80. The Morgan fingerprint density at radius 3 is 2.88 bits per heavy atom. The molecule has 0 amide bonds. The highest BCUT2D eigenvalue weighted by molar-refractivity contribution is 5.35. The van der Waals surface area contributed by atoms with Crippen molar-refractivity contribution in [2.24, 2.45) is 0 Å². The predicted octanol–water partition coefficient (Wildman–Crippen LogP) is 0.649. The Bertz CT molecular complexity index is 403. The van der Waals surface area contributed by atoms with E-state index in [1.54, 1.807) is 0 Å². The van der Waals surface area contributed by atoms with Crippen molar-refractivity contribution >= 4 is 5.95 Å². The van der Waals surface area contributed by atoms with Gasteiger partial charge in [-0.1, -0.05) is 6.92 Å². The van der Waals surface area contributed by atoms with E-state index in [4.69, 9.17) is 9.72 Å². The van der Waals surface area contributed by atoms with Crippen LogP contribution < -0.4 is 4.90 Å². The largest absolute Gasteiger partial charge is 0.378 e. The summed E-state index contributed by atoms with van der Waals surface area (Å²) in [4.78, 5) is 13.8. The fourth-order valence-corrected chi connectivity index (χ4v) is 2.35. The Morgan fingerprint density at radius 1 is 1.29 bits per heavy atom. The Morgan fingerprint density at radius 2 is 2.12 bits per heavy atom. The van der Waals surface area contributed by atoms with Gasteiger partial charge in [-0.3, -0.25) is 4.90 Å². The van der Waals surface area contributed by atoms with Gasteiger partial charge in [-0.2, -0.15) is 0 Å². The average Bonchev–Trinajstić information content (AvgIpc) is 2.81. The van der Waals surface area contributed by atoms with Crippen molar-refractivity contribution in [2.45, 2.75) is 20.0 Å². The number of nitrogens with zero attached hydrogens (tertiary/aromatic N) is 4. The summed E-state index contributed by atoms with van der Waals surface area (Å²) in [5.74, 6) is 0.866. The summed E-state index contributed by atoms with van der Waals surface area (Å²) in [5.41, 5.74) is 2.48. The molecule has 5 nitrogen and oxygen atoms in total. The number of aromatic nitrogens is 2. The first-order chi connectivity index (χ1) is 8.36. The van der Waals surface area contributed by atoms with Gasteiger partial charge < -0.3 is 9.64 Å². The zero-order valence-corrected chi connectivity index (χ0v) is 10.2. The molecule has 0 unspecified atom stereocenters. The number of rotatable bonds is 2. The van der Waals surface area contributed by atoms with E-state index in [2.05, 4.69) is 21.7 Å². The SMILES string of the molecule is CCN1Cc2cnc(N3CCOCC3)nc2C1. The van der Waals surface area contributed by atoms with E-state index in [1.165, 1.54) is 11.3 Å². The summed E-state index contributed by atoms with van der Waals surface area (Å²) >= 11 is 0. The van der Waals surface area contributed by atoms with E-state index >= 15 is 0 Å². The van der Waals surface area contributed by atoms with E-state index in [0.29, 0.717) is 0 Å². The van der Waals surface area contributed by atoms with Crippen molar-refractivity contribution in [1.82, 2.24) is 14.9 Å². The maximum absolute atomic E-state index is 5.34. The lowest BCUT2D eigenvalue weighted by Gasteiger charge is -2.26. The molecule has 92 valence electrons. The summed E-state index contributed by atoms with van der Waals surface area (Å²) < 4.78 is 5.34. The summed E-state index contributed by atoms with van der Waals surface area (Å²) in [7, 11) is 0. The van der Waals surface area contributed by atoms with Gasteiger partial charge in [-0.05, 0) is 6.54 Å². The first-order valence-electron chi connectivity index (χ1n) is 6.26. The molecular weight excluding hydrogens is 216 g/mol. The third-order valence-electron chi connectivity index (χ3n) is 3.45. The van der Waals surface area contributed by atoms with Crippen molar-refractivity contribution in [3.05, 3.63) is 17.5 Å². The molecule has 1 fully saturated rings. The topological polar surface area (TPSA) is 41.5 Å². The van der Waals surface area contributed by atoms with Crippen LogP contribution in [0.3, 0.4) is 0 Å². The lowest BCUT2D eigenvalue weighted by Crippen LogP contribution is -2.37. The van der Waals surface area contributed by atoms with Gasteiger partial charge in [0.25, 0.3) is 0 Å². The van der Waals surface area contributed by atoms with Crippen LogP contribution >= 0.6 is 0 Å². The smallest absolute Gasteiger partial charge is 0.225 e. The third kappa shape index (κ3) is 2.12. The second kappa shape index (κ2) is 4.58. The molecule has 3 heterocycles. The number of hydrogen-bond acceptors (Lipinski definition) is 5. The van der Waals surface area contributed by atoms with Gasteiger partial charge in [0.05, 0.1) is 18.9 Å². The van der Waals surface area contributed by atoms with Gasteiger partial charge in [0.1, 0.15) is 0 Å². The maximum atomic E-state index is 5.34. The normalized spacial score (nSPS) is 20.6. The molecule has 17 heavy (non-hydrogen) atoms. The van der Waals surface area contributed by atoms with Gasteiger partial charge in [0, 0.05) is 37.9 Å². The molecule has 0 spiro atoms. The van der Waals surface area contributed by atoms with Gasteiger partial charge in [-0.15, -0.1) is 0 Å². The van der Waals surface area contributed by atoms with E-state index < -0.39 is 0 Å². The molecule has 1 aromatic heterocycles. The van der Waals surface area contributed by atoms with E-state index in [1.807, 2.05) is 6.20 Å². The van der Waals surface area contributed by atoms with E-state index in [-0.39, 0.29) is 0 Å². The minimum Gasteiger partial charge on any atom is -0.378 e. The minimum atomic E-state index is 0.779. The van der Waals surface area contributed by atoms with Crippen LogP contribution in [0.15, 0.2) is 6.20 Å². The van der Waals surface area contributed by atoms with E-state index in [0.717, 1.165) is 51.9 Å². The lowest BCUT2D eigenvalue weighted by molar-refractivity contribution is 0.122. The molecule has 0 aliphatic carbocycles. The molecule has 0 N–H and O–H groups in total. The first-order valence-corrected chi connectivity index (χ1v) is 6.26. The summed E-state index contributed by atoms with van der Waals surface area (Å²) in [6, 6.07) is 0. The minimum absolute atomic E-state index is 0.779. The molecule has 0 aromatic carbocycles. The average molecular weight is 234 g/mol. The highest BCUT2D eigenvalue weighted by atomic mass is 16.5. The van der Waals surface area contributed by atoms with Crippen LogP contribution in [-0.4, -0.2) is 47.7 Å².